The molecule has 0 heterocycles. The van der Waals surface area contributed by atoms with Gasteiger partial charge in [-0.25, -0.2) is 4.79 Å². The molecule has 0 fully saturated rings. The minimum absolute atomic E-state index is 0.0159. The van der Waals surface area contributed by atoms with Crippen molar-refractivity contribution in [1.29, 1.82) is 5.26 Å². The molecule has 100 valence electrons. The van der Waals surface area contributed by atoms with Crippen LogP contribution >= 0.6 is 0 Å². The number of benzene rings is 1. The van der Waals surface area contributed by atoms with Crippen LogP contribution in [0.1, 0.15) is 26.3 Å². The lowest BCUT2D eigenvalue weighted by molar-refractivity contribution is -0.142. The van der Waals surface area contributed by atoms with Gasteiger partial charge in [-0.2, -0.15) is 5.26 Å². The van der Waals surface area contributed by atoms with Crippen LogP contribution in [0.25, 0.3) is 6.08 Å². The fraction of sp³-hybridized carbons (Fsp3) is 0.333. The van der Waals surface area contributed by atoms with Gasteiger partial charge in [0.1, 0.15) is 17.4 Å². The Kier molecular flexibility index (Phi) is 5.62. The number of carbonyl (C=O) groups excluding carboxylic acids is 1. The van der Waals surface area contributed by atoms with E-state index in [0.29, 0.717) is 6.61 Å². The van der Waals surface area contributed by atoms with Crippen LogP contribution < -0.4 is 4.74 Å². The molecule has 0 amide bonds. The number of carbonyl (C=O) groups is 1. The fourth-order valence-electron chi connectivity index (χ4n) is 1.41. The Morgan fingerprint density at radius 3 is 2.47 bits per heavy atom. The zero-order valence-corrected chi connectivity index (χ0v) is 11.3. The van der Waals surface area contributed by atoms with Gasteiger partial charge in [0, 0.05) is 0 Å². The quantitative estimate of drug-likeness (QED) is 0.463. The number of hydrogen-bond donors (Lipinski definition) is 0. The lowest BCUT2D eigenvalue weighted by Crippen LogP contribution is -2.12. The Morgan fingerprint density at radius 2 is 2.00 bits per heavy atom. The summed E-state index contributed by atoms with van der Waals surface area (Å²) in [4.78, 5) is 11.6. The monoisotopic (exact) mass is 259 g/mol. The van der Waals surface area contributed by atoms with Crippen LogP contribution in [0.15, 0.2) is 29.8 Å². The second kappa shape index (κ2) is 7.22. The second-order valence-electron chi connectivity index (χ2n) is 4.13. The smallest absolute Gasteiger partial charge is 0.349 e. The molecule has 1 aromatic carbocycles. The maximum atomic E-state index is 11.6. The van der Waals surface area contributed by atoms with E-state index in [2.05, 4.69) is 0 Å². The first kappa shape index (κ1) is 14.8. The minimum Gasteiger partial charge on any atom is -0.494 e. The van der Waals surface area contributed by atoms with Crippen molar-refractivity contribution in [3.05, 3.63) is 35.4 Å². The van der Waals surface area contributed by atoms with Crippen LogP contribution in [0.4, 0.5) is 0 Å². The molecule has 0 saturated heterocycles. The first-order valence-electron chi connectivity index (χ1n) is 6.12. The Balaban J connectivity index is 2.86. The van der Waals surface area contributed by atoms with Gasteiger partial charge in [-0.3, -0.25) is 0 Å². The molecule has 0 radical (unpaired) electrons. The lowest BCUT2D eigenvalue weighted by Gasteiger charge is -2.06. The summed E-state index contributed by atoms with van der Waals surface area (Å²) >= 11 is 0. The summed E-state index contributed by atoms with van der Waals surface area (Å²) in [5, 5.41) is 8.97. The summed E-state index contributed by atoms with van der Waals surface area (Å²) in [5.41, 5.74) is 0.735. The van der Waals surface area contributed by atoms with Crippen molar-refractivity contribution >= 4 is 12.0 Å². The molecule has 0 aliphatic heterocycles. The first-order valence-corrected chi connectivity index (χ1v) is 6.12. The van der Waals surface area contributed by atoms with Crippen molar-refractivity contribution in [3.8, 4) is 11.8 Å². The molecule has 4 nitrogen and oxygen atoms in total. The molecule has 1 aromatic rings. The molecule has 0 aromatic heterocycles. The van der Waals surface area contributed by atoms with Crippen molar-refractivity contribution in [2.24, 2.45) is 0 Å². The molecule has 0 aliphatic carbocycles. The second-order valence-corrected chi connectivity index (χ2v) is 4.13. The molecular weight excluding hydrogens is 242 g/mol. The van der Waals surface area contributed by atoms with E-state index in [-0.39, 0.29) is 11.7 Å². The summed E-state index contributed by atoms with van der Waals surface area (Å²) < 4.78 is 10.3. The molecule has 0 aliphatic rings. The Bertz CT molecular complexity index is 495. The van der Waals surface area contributed by atoms with Crippen molar-refractivity contribution in [2.45, 2.75) is 26.9 Å². The van der Waals surface area contributed by atoms with E-state index in [1.807, 2.05) is 13.0 Å². The van der Waals surface area contributed by atoms with Crippen LogP contribution in [0.3, 0.4) is 0 Å². The van der Waals surface area contributed by atoms with Crippen molar-refractivity contribution in [2.75, 3.05) is 6.61 Å². The zero-order chi connectivity index (χ0) is 14.3. The topological polar surface area (TPSA) is 59.3 Å². The SMILES string of the molecule is CCOc1ccc(/C=C(/C#N)C(=O)OC(C)C)cc1. The number of esters is 1. The highest BCUT2D eigenvalue weighted by atomic mass is 16.5. The van der Waals surface area contributed by atoms with E-state index >= 15 is 0 Å². The lowest BCUT2D eigenvalue weighted by atomic mass is 10.1. The number of ether oxygens (including phenoxy) is 2. The molecule has 0 N–H and O–H groups in total. The zero-order valence-electron chi connectivity index (χ0n) is 11.3. The van der Waals surface area contributed by atoms with Crippen LogP contribution in [0.2, 0.25) is 0 Å². The average molecular weight is 259 g/mol. The van der Waals surface area contributed by atoms with E-state index in [4.69, 9.17) is 14.7 Å². The highest BCUT2D eigenvalue weighted by Gasteiger charge is 2.12. The van der Waals surface area contributed by atoms with E-state index < -0.39 is 5.97 Å². The summed E-state index contributed by atoms with van der Waals surface area (Å²) in [7, 11) is 0. The summed E-state index contributed by atoms with van der Waals surface area (Å²) in [6.45, 7) is 5.98. The normalized spacial score (nSPS) is 11.0. The molecular formula is C15H17NO3. The number of nitriles is 1. The van der Waals surface area contributed by atoms with Crippen molar-refractivity contribution in [1.82, 2.24) is 0 Å². The van der Waals surface area contributed by atoms with Crippen LogP contribution in [-0.4, -0.2) is 18.7 Å². The Hall–Kier alpha value is -2.28. The molecule has 0 bridgehead atoms. The van der Waals surface area contributed by atoms with Crippen LogP contribution in [0, 0.1) is 11.3 Å². The Morgan fingerprint density at radius 1 is 1.37 bits per heavy atom. The van der Waals surface area contributed by atoms with Crippen molar-refractivity contribution in [3.63, 3.8) is 0 Å². The Labute approximate surface area is 113 Å². The van der Waals surface area contributed by atoms with Gasteiger partial charge in [-0.15, -0.1) is 0 Å². The molecule has 1 rings (SSSR count). The van der Waals surface area contributed by atoms with E-state index in [1.54, 1.807) is 38.1 Å². The van der Waals surface area contributed by atoms with Gasteiger partial charge in [0.25, 0.3) is 0 Å². The standard InChI is InChI=1S/C15H17NO3/c1-4-18-14-7-5-12(6-8-14)9-13(10-16)15(17)19-11(2)3/h5-9,11H,4H2,1-3H3/b13-9-. The molecule has 0 saturated carbocycles. The third-order valence-electron chi connectivity index (χ3n) is 2.19. The van der Waals surface area contributed by atoms with Crippen LogP contribution in [-0.2, 0) is 9.53 Å². The third kappa shape index (κ3) is 4.84. The maximum absolute atomic E-state index is 11.6. The molecule has 0 atom stereocenters. The van der Waals surface area contributed by atoms with E-state index in [9.17, 15) is 4.79 Å². The van der Waals surface area contributed by atoms with Gasteiger partial charge in [-0.05, 0) is 44.5 Å². The summed E-state index contributed by atoms with van der Waals surface area (Å²) in [5.74, 6) is 0.147. The van der Waals surface area contributed by atoms with Gasteiger partial charge in [-0.1, -0.05) is 12.1 Å². The minimum atomic E-state index is -0.605. The van der Waals surface area contributed by atoms with Gasteiger partial charge >= 0.3 is 5.97 Å². The van der Waals surface area contributed by atoms with Crippen molar-refractivity contribution < 1.29 is 14.3 Å². The maximum Gasteiger partial charge on any atom is 0.349 e. The van der Waals surface area contributed by atoms with Gasteiger partial charge < -0.3 is 9.47 Å². The summed E-state index contributed by atoms with van der Waals surface area (Å²) in [6.07, 6.45) is 1.25. The third-order valence-corrected chi connectivity index (χ3v) is 2.19. The first-order chi connectivity index (χ1) is 9.06. The highest BCUT2D eigenvalue weighted by Crippen LogP contribution is 2.15. The molecule has 19 heavy (non-hydrogen) atoms. The number of nitrogens with zero attached hydrogens (tertiary/aromatic N) is 1. The van der Waals surface area contributed by atoms with Gasteiger partial charge in [0.05, 0.1) is 12.7 Å². The predicted octanol–water partition coefficient (Wildman–Crippen LogP) is 2.94. The average Bonchev–Trinajstić information content (AvgIpc) is 2.37. The van der Waals surface area contributed by atoms with E-state index in [1.165, 1.54) is 6.08 Å². The van der Waals surface area contributed by atoms with Gasteiger partial charge in [0.2, 0.25) is 0 Å². The molecule has 0 unspecified atom stereocenters. The van der Waals surface area contributed by atoms with Crippen LogP contribution in [0.5, 0.6) is 5.75 Å². The summed E-state index contributed by atoms with van der Waals surface area (Å²) in [6, 6.07) is 9.00. The largest absolute Gasteiger partial charge is 0.494 e. The fourth-order valence-corrected chi connectivity index (χ4v) is 1.41. The number of rotatable bonds is 5. The predicted molar refractivity (Wildman–Crippen MR) is 72.4 cm³/mol. The molecule has 4 heteroatoms. The number of hydrogen-bond acceptors (Lipinski definition) is 4. The molecule has 0 spiro atoms. The highest BCUT2D eigenvalue weighted by molar-refractivity contribution is 5.97. The van der Waals surface area contributed by atoms with Gasteiger partial charge in [0.15, 0.2) is 0 Å². The van der Waals surface area contributed by atoms with E-state index in [0.717, 1.165) is 11.3 Å².